The van der Waals surface area contributed by atoms with Crippen molar-refractivity contribution < 1.29 is 4.79 Å². The quantitative estimate of drug-likeness (QED) is 0.637. The molecule has 7 heteroatoms. The minimum absolute atomic E-state index is 0.139. The summed E-state index contributed by atoms with van der Waals surface area (Å²) < 4.78 is 0. The van der Waals surface area contributed by atoms with Crippen LogP contribution in [0.1, 0.15) is 21.6 Å². The molecule has 0 radical (unpaired) electrons. The highest BCUT2D eigenvalue weighted by Crippen LogP contribution is 2.20. The van der Waals surface area contributed by atoms with Gasteiger partial charge in [-0.25, -0.2) is 9.97 Å². The van der Waals surface area contributed by atoms with Crippen molar-refractivity contribution in [2.24, 2.45) is 0 Å². The molecular formula is C20H20ClN5O. The number of carbonyl (C=O) groups is 1. The summed E-state index contributed by atoms with van der Waals surface area (Å²) in [6, 6.07) is 10.6. The third kappa shape index (κ3) is 4.80. The molecule has 2 N–H and O–H groups in total. The van der Waals surface area contributed by atoms with Gasteiger partial charge < -0.3 is 10.6 Å². The Hall–Kier alpha value is -2.99. The number of benzene rings is 1. The number of hydrogen-bond acceptors (Lipinski definition) is 5. The van der Waals surface area contributed by atoms with Crippen molar-refractivity contribution in [2.75, 3.05) is 18.4 Å². The largest absolute Gasteiger partial charge is 0.368 e. The van der Waals surface area contributed by atoms with Crippen molar-refractivity contribution in [3.63, 3.8) is 0 Å². The molecule has 3 rings (SSSR count). The van der Waals surface area contributed by atoms with E-state index < -0.39 is 0 Å². The smallest absolute Gasteiger partial charge is 0.251 e. The van der Waals surface area contributed by atoms with Crippen LogP contribution < -0.4 is 10.6 Å². The van der Waals surface area contributed by atoms with Crippen molar-refractivity contribution >= 4 is 23.3 Å². The summed E-state index contributed by atoms with van der Waals surface area (Å²) in [5.41, 5.74) is 3.32. The molecule has 6 nitrogen and oxygen atoms in total. The summed E-state index contributed by atoms with van der Waals surface area (Å²) in [4.78, 5) is 25.4. The van der Waals surface area contributed by atoms with E-state index in [1.807, 2.05) is 26.0 Å². The first-order valence-corrected chi connectivity index (χ1v) is 8.95. The molecule has 0 aliphatic carbocycles. The van der Waals surface area contributed by atoms with Gasteiger partial charge in [0.1, 0.15) is 5.82 Å². The van der Waals surface area contributed by atoms with Gasteiger partial charge in [-0.1, -0.05) is 11.6 Å². The molecule has 2 heterocycles. The zero-order valence-corrected chi connectivity index (χ0v) is 15.9. The summed E-state index contributed by atoms with van der Waals surface area (Å²) in [5.74, 6) is 1.24. The fraction of sp³-hybridized carbons (Fsp3) is 0.200. The summed E-state index contributed by atoms with van der Waals surface area (Å²) >= 11 is 5.84. The van der Waals surface area contributed by atoms with Crippen LogP contribution in [0.3, 0.4) is 0 Å². The fourth-order valence-corrected chi connectivity index (χ4v) is 2.61. The van der Waals surface area contributed by atoms with Crippen molar-refractivity contribution in [1.82, 2.24) is 20.3 Å². The molecular weight excluding hydrogens is 362 g/mol. The second-order valence-electron chi connectivity index (χ2n) is 6.04. The molecule has 0 unspecified atom stereocenters. The van der Waals surface area contributed by atoms with Gasteiger partial charge in [0.05, 0.1) is 0 Å². The van der Waals surface area contributed by atoms with Crippen LogP contribution in [0, 0.1) is 13.8 Å². The number of hydrogen-bond donors (Lipinski definition) is 2. The van der Waals surface area contributed by atoms with Crippen LogP contribution in [-0.2, 0) is 0 Å². The Labute approximate surface area is 163 Å². The first kappa shape index (κ1) is 18.8. The first-order valence-electron chi connectivity index (χ1n) is 8.58. The third-order valence-corrected chi connectivity index (χ3v) is 4.37. The predicted molar refractivity (Wildman–Crippen MR) is 107 cm³/mol. The summed E-state index contributed by atoms with van der Waals surface area (Å²) in [6.45, 7) is 4.93. The number of pyridine rings is 1. The van der Waals surface area contributed by atoms with Gasteiger partial charge >= 0.3 is 0 Å². The zero-order chi connectivity index (χ0) is 19.2. The van der Waals surface area contributed by atoms with E-state index >= 15 is 0 Å². The first-order chi connectivity index (χ1) is 13.0. The standard InChI is InChI=1S/C20H20ClN5O/c1-13-14(2)25-19(16-4-3-9-22-12-16)26-18(13)23-10-11-24-20(27)15-5-7-17(21)8-6-15/h3-9,12H,10-11H2,1-2H3,(H,24,27)(H,23,25,26). The molecule has 0 bridgehead atoms. The third-order valence-electron chi connectivity index (χ3n) is 4.12. The fourth-order valence-electron chi connectivity index (χ4n) is 2.49. The lowest BCUT2D eigenvalue weighted by Crippen LogP contribution is -2.29. The SMILES string of the molecule is Cc1nc(-c2cccnc2)nc(NCCNC(=O)c2ccc(Cl)cc2)c1C. The van der Waals surface area contributed by atoms with Crippen LogP contribution >= 0.6 is 11.6 Å². The van der Waals surface area contributed by atoms with Gasteiger partial charge in [0.2, 0.25) is 0 Å². The van der Waals surface area contributed by atoms with E-state index in [0.29, 0.717) is 29.5 Å². The molecule has 0 fully saturated rings. The summed E-state index contributed by atoms with van der Waals surface area (Å²) in [6.07, 6.45) is 3.45. The lowest BCUT2D eigenvalue weighted by molar-refractivity contribution is 0.0955. The highest BCUT2D eigenvalue weighted by molar-refractivity contribution is 6.30. The van der Waals surface area contributed by atoms with Crippen LogP contribution in [0.5, 0.6) is 0 Å². The number of halogens is 1. The van der Waals surface area contributed by atoms with Gasteiger partial charge in [-0.05, 0) is 50.2 Å². The highest BCUT2D eigenvalue weighted by Gasteiger charge is 2.10. The monoisotopic (exact) mass is 381 g/mol. The second kappa shape index (κ2) is 8.60. The topological polar surface area (TPSA) is 79.8 Å². The van der Waals surface area contributed by atoms with Crippen LogP contribution in [0.25, 0.3) is 11.4 Å². The molecule has 0 aliphatic heterocycles. The van der Waals surface area contributed by atoms with Crippen molar-refractivity contribution in [3.8, 4) is 11.4 Å². The van der Waals surface area contributed by atoms with Gasteiger partial charge in [-0.15, -0.1) is 0 Å². The van der Waals surface area contributed by atoms with Crippen LogP contribution in [0.15, 0.2) is 48.8 Å². The number of aryl methyl sites for hydroxylation is 1. The maximum Gasteiger partial charge on any atom is 0.251 e. The number of amides is 1. The average Bonchev–Trinajstić information content (AvgIpc) is 2.69. The van der Waals surface area contributed by atoms with Crippen LogP contribution in [-0.4, -0.2) is 33.9 Å². The van der Waals surface area contributed by atoms with Gasteiger partial charge in [0.25, 0.3) is 5.91 Å². The molecule has 3 aromatic rings. The van der Waals surface area contributed by atoms with Crippen LogP contribution in [0.4, 0.5) is 5.82 Å². The Balaban J connectivity index is 1.61. The van der Waals surface area contributed by atoms with Crippen molar-refractivity contribution in [2.45, 2.75) is 13.8 Å². The Morgan fingerprint density at radius 3 is 2.56 bits per heavy atom. The number of carbonyl (C=O) groups excluding carboxylic acids is 1. The maximum atomic E-state index is 12.1. The van der Waals surface area contributed by atoms with E-state index in [9.17, 15) is 4.79 Å². The average molecular weight is 382 g/mol. The van der Waals surface area contributed by atoms with Gasteiger partial charge in [-0.3, -0.25) is 9.78 Å². The number of rotatable bonds is 6. The zero-order valence-electron chi connectivity index (χ0n) is 15.2. The highest BCUT2D eigenvalue weighted by atomic mass is 35.5. The number of nitrogens with one attached hydrogen (secondary N) is 2. The summed E-state index contributed by atoms with van der Waals surface area (Å²) in [5, 5.41) is 6.75. The predicted octanol–water partition coefficient (Wildman–Crippen LogP) is 3.65. The second-order valence-corrected chi connectivity index (χ2v) is 6.47. The maximum absolute atomic E-state index is 12.1. The molecule has 1 amide bonds. The molecule has 27 heavy (non-hydrogen) atoms. The normalized spacial score (nSPS) is 10.5. The molecule has 1 aromatic carbocycles. The molecule has 0 spiro atoms. The lowest BCUT2D eigenvalue weighted by atomic mass is 10.2. The molecule has 0 aliphatic rings. The van der Waals surface area contributed by atoms with E-state index in [0.717, 1.165) is 22.6 Å². The molecule has 138 valence electrons. The van der Waals surface area contributed by atoms with E-state index in [-0.39, 0.29) is 5.91 Å². The Bertz CT molecular complexity index is 929. The Morgan fingerprint density at radius 1 is 1.07 bits per heavy atom. The van der Waals surface area contributed by atoms with Crippen molar-refractivity contribution in [1.29, 1.82) is 0 Å². The van der Waals surface area contributed by atoms with E-state index in [4.69, 9.17) is 11.6 Å². The minimum Gasteiger partial charge on any atom is -0.368 e. The van der Waals surface area contributed by atoms with Gasteiger partial charge in [-0.2, -0.15) is 0 Å². The Morgan fingerprint density at radius 2 is 1.85 bits per heavy atom. The van der Waals surface area contributed by atoms with Gasteiger partial charge in [0, 0.05) is 52.9 Å². The molecule has 0 saturated carbocycles. The van der Waals surface area contributed by atoms with E-state index in [1.165, 1.54) is 0 Å². The van der Waals surface area contributed by atoms with E-state index in [2.05, 4.69) is 25.6 Å². The number of anilines is 1. The molecule has 2 aromatic heterocycles. The number of aromatic nitrogens is 3. The van der Waals surface area contributed by atoms with Crippen LogP contribution in [0.2, 0.25) is 5.02 Å². The summed E-state index contributed by atoms with van der Waals surface area (Å²) in [7, 11) is 0. The van der Waals surface area contributed by atoms with E-state index in [1.54, 1.807) is 36.7 Å². The van der Waals surface area contributed by atoms with Gasteiger partial charge in [0.15, 0.2) is 5.82 Å². The van der Waals surface area contributed by atoms with Crippen molar-refractivity contribution in [3.05, 3.63) is 70.6 Å². The lowest BCUT2D eigenvalue weighted by Gasteiger charge is -2.13. The number of nitrogens with zero attached hydrogens (tertiary/aromatic N) is 3. The Kier molecular flexibility index (Phi) is 5.98. The molecule has 0 saturated heterocycles. The minimum atomic E-state index is -0.139. The molecule has 0 atom stereocenters.